The second-order valence-electron chi connectivity index (χ2n) is 5.25. The van der Waals surface area contributed by atoms with E-state index in [9.17, 15) is 14.4 Å². The number of nitrogens with zero attached hydrogens (tertiary/aromatic N) is 3. The Bertz CT molecular complexity index is 618. The lowest BCUT2D eigenvalue weighted by Crippen LogP contribution is -2.41. The van der Waals surface area contributed by atoms with Gasteiger partial charge in [0.05, 0.1) is 16.9 Å². The summed E-state index contributed by atoms with van der Waals surface area (Å²) < 4.78 is 2.38. The van der Waals surface area contributed by atoms with Gasteiger partial charge in [0.25, 0.3) is 5.56 Å². The topological polar surface area (TPSA) is 64.3 Å². The highest BCUT2D eigenvalue weighted by Crippen LogP contribution is 2.15. The second kappa shape index (κ2) is 6.39. The summed E-state index contributed by atoms with van der Waals surface area (Å²) in [5.74, 6) is 0.0730. The fraction of sp³-hybridized carbons (Fsp3) is 0.615. The van der Waals surface area contributed by atoms with Crippen molar-refractivity contribution in [1.82, 2.24) is 14.0 Å². The van der Waals surface area contributed by atoms with Crippen LogP contribution in [0.3, 0.4) is 0 Å². The summed E-state index contributed by atoms with van der Waals surface area (Å²) in [6, 6.07) is 0. The van der Waals surface area contributed by atoms with E-state index < -0.39 is 0 Å². The molecule has 0 spiro atoms. The van der Waals surface area contributed by atoms with Crippen LogP contribution in [0.15, 0.2) is 15.8 Å². The first-order chi connectivity index (χ1) is 9.16. The van der Waals surface area contributed by atoms with Crippen molar-refractivity contribution in [2.45, 2.75) is 25.2 Å². The van der Waals surface area contributed by atoms with Gasteiger partial charge >= 0.3 is 5.69 Å². The quantitative estimate of drug-likeness (QED) is 0.745. The van der Waals surface area contributed by atoms with Crippen molar-refractivity contribution in [1.29, 1.82) is 0 Å². The average molecular weight is 346 g/mol. The maximum Gasteiger partial charge on any atom is 0.330 e. The molecule has 1 amide bonds. The Morgan fingerprint density at radius 3 is 2.40 bits per heavy atom. The van der Waals surface area contributed by atoms with E-state index in [2.05, 4.69) is 15.9 Å². The number of halogens is 1. The van der Waals surface area contributed by atoms with Crippen LogP contribution in [0, 0.1) is 5.92 Å². The minimum atomic E-state index is -0.381. The molecule has 0 radical (unpaired) electrons. The molecule has 0 aliphatic carbocycles. The van der Waals surface area contributed by atoms with Gasteiger partial charge in [-0.05, 0) is 5.92 Å². The summed E-state index contributed by atoms with van der Waals surface area (Å²) in [6.07, 6.45) is 1.48. The molecule has 0 aliphatic heterocycles. The Balaban J connectivity index is 3.03. The van der Waals surface area contributed by atoms with Gasteiger partial charge in [0, 0.05) is 27.3 Å². The van der Waals surface area contributed by atoms with E-state index in [-0.39, 0.29) is 34.4 Å². The van der Waals surface area contributed by atoms with Gasteiger partial charge < -0.3 is 9.47 Å². The van der Waals surface area contributed by atoms with Gasteiger partial charge in [-0.3, -0.25) is 14.2 Å². The van der Waals surface area contributed by atoms with Crippen molar-refractivity contribution in [2.24, 2.45) is 20.0 Å². The number of amides is 1. The molecule has 1 heterocycles. The summed E-state index contributed by atoms with van der Waals surface area (Å²) in [5.41, 5.74) is -0.342. The number of carbonyl (C=O) groups is 1. The van der Waals surface area contributed by atoms with Crippen molar-refractivity contribution in [3.8, 4) is 0 Å². The van der Waals surface area contributed by atoms with Gasteiger partial charge in [0.15, 0.2) is 0 Å². The molecular weight excluding hydrogens is 326 g/mol. The van der Waals surface area contributed by atoms with E-state index in [1.807, 2.05) is 13.8 Å². The van der Waals surface area contributed by atoms with E-state index >= 15 is 0 Å². The van der Waals surface area contributed by atoms with Gasteiger partial charge in [0.2, 0.25) is 5.91 Å². The van der Waals surface area contributed by atoms with Crippen LogP contribution < -0.4 is 11.2 Å². The smallest absolute Gasteiger partial charge is 0.330 e. The normalized spacial score (nSPS) is 12.6. The number of aromatic nitrogens is 2. The number of aryl methyl sites for hydroxylation is 1. The van der Waals surface area contributed by atoms with Gasteiger partial charge in [-0.25, -0.2) is 4.79 Å². The minimum Gasteiger partial charge on any atom is -0.340 e. The van der Waals surface area contributed by atoms with E-state index in [1.165, 1.54) is 22.7 Å². The molecule has 0 bridgehead atoms. The molecule has 0 saturated carbocycles. The molecular formula is C13H20BrN3O3. The van der Waals surface area contributed by atoms with Crippen LogP contribution in [-0.4, -0.2) is 31.8 Å². The Morgan fingerprint density at radius 2 is 1.90 bits per heavy atom. The standard InChI is InChI=1S/C13H20BrN3O3/c1-8(2)10(14)12(19)15(3)6-9-7-16(4)13(20)17(5)11(9)18/h7-8,10H,6H2,1-5H3. The lowest BCUT2D eigenvalue weighted by molar-refractivity contribution is -0.130. The molecule has 1 atom stereocenters. The van der Waals surface area contributed by atoms with Crippen LogP contribution >= 0.6 is 15.9 Å². The molecule has 0 saturated heterocycles. The van der Waals surface area contributed by atoms with E-state index in [0.29, 0.717) is 5.56 Å². The predicted molar refractivity (Wildman–Crippen MR) is 81.0 cm³/mol. The fourth-order valence-corrected chi connectivity index (χ4v) is 2.17. The summed E-state index contributed by atoms with van der Waals surface area (Å²) in [5, 5.41) is 0. The largest absolute Gasteiger partial charge is 0.340 e. The molecule has 0 aliphatic rings. The predicted octanol–water partition coefficient (Wildman–Crippen LogP) is 0.462. The van der Waals surface area contributed by atoms with Crippen LogP contribution in [-0.2, 0) is 25.4 Å². The molecule has 112 valence electrons. The third kappa shape index (κ3) is 3.39. The highest BCUT2D eigenvalue weighted by atomic mass is 79.9. The second-order valence-corrected chi connectivity index (χ2v) is 6.24. The number of rotatable bonds is 4. The average Bonchev–Trinajstić information content (AvgIpc) is 2.40. The van der Waals surface area contributed by atoms with Crippen LogP contribution in [0.5, 0.6) is 0 Å². The first-order valence-corrected chi connectivity index (χ1v) is 7.23. The van der Waals surface area contributed by atoms with Crippen LogP contribution in [0.1, 0.15) is 19.4 Å². The van der Waals surface area contributed by atoms with E-state index in [0.717, 1.165) is 4.57 Å². The maximum atomic E-state index is 12.1. The lowest BCUT2D eigenvalue weighted by Gasteiger charge is -2.22. The molecule has 0 N–H and O–H groups in total. The molecule has 1 rings (SSSR count). The zero-order valence-electron chi connectivity index (χ0n) is 12.4. The summed E-state index contributed by atoms with van der Waals surface area (Å²) in [4.78, 5) is 36.9. The third-order valence-electron chi connectivity index (χ3n) is 3.12. The molecule has 6 nitrogen and oxygen atoms in total. The van der Waals surface area contributed by atoms with Crippen molar-refractivity contribution >= 4 is 21.8 Å². The van der Waals surface area contributed by atoms with Crippen LogP contribution in [0.25, 0.3) is 0 Å². The monoisotopic (exact) mass is 345 g/mol. The van der Waals surface area contributed by atoms with Crippen molar-refractivity contribution in [2.75, 3.05) is 7.05 Å². The van der Waals surface area contributed by atoms with Crippen LogP contribution in [0.4, 0.5) is 0 Å². The Hall–Kier alpha value is -1.37. The Kier molecular flexibility index (Phi) is 5.33. The maximum absolute atomic E-state index is 12.1. The summed E-state index contributed by atoms with van der Waals surface area (Å²) in [7, 11) is 4.65. The van der Waals surface area contributed by atoms with E-state index in [4.69, 9.17) is 0 Å². The van der Waals surface area contributed by atoms with Gasteiger partial charge in [-0.2, -0.15) is 0 Å². The number of hydrogen-bond donors (Lipinski definition) is 0. The zero-order chi connectivity index (χ0) is 15.6. The molecule has 1 unspecified atom stereocenters. The molecule has 0 fully saturated rings. The highest BCUT2D eigenvalue weighted by Gasteiger charge is 2.23. The summed E-state index contributed by atoms with van der Waals surface area (Å²) >= 11 is 3.35. The van der Waals surface area contributed by atoms with Gasteiger partial charge in [-0.1, -0.05) is 29.8 Å². The van der Waals surface area contributed by atoms with Gasteiger partial charge in [-0.15, -0.1) is 0 Å². The molecule has 0 aromatic carbocycles. The van der Waals surface area contributed by atoms with Gasteiger partial charge in [0.1, 0.15) is 0 Å². The van der Waals surface area contributed by atoms with Crippen molar-refractivity contribution in [3.63, 3.8) is 0 Å². The van der Waals surface area contributed by atoms with Crippen molar-refractivity contribution in [3.05, 3.63) is 32.6 Å². The third-order valence-corrected chi connectivity index (χ3v) is 4.57. The first kappa shape index (κ1) is 16.7. The van der Waals surface area contributed by atoms with E-state index in [1.54, 1.807) is 14.1 Å². The fourth-order valence-electron chi connectivity index (χ4n) is 1.82. The Morgan fingerprint density at radius 1 is 1.35 bits per heavy atom. The molecule has 1 aromatic rings. The molecule has 1 aromatic heterocycles. The molecule has 20 heavy (non-hydrogen) atoms. The highest BCUT2D eigenvalue weighted by molar-refractivity contribution is 9.10. The lowest BCUT2D eigenvalue weighted by atomic mass is 10.1. The van der Waals surface area contributed by atoms with Crippen LogP contribution in [0.2, 0.25) is 0 Å². The zero-order valence-corrected chi connectivity index (χ0v) is 14.0. The first-order valence-electron chi connectivity index (χ1n) is 6.31. The Labute approximate surface area is 126 Å². The number of hydrogen-bond acceptors (Lipinski definition) is 3. The van der Waals surface area contributed by atoms with Crippen molar-refractivity contribution < 1.29 is 4.79 Å². The summed E-state index contributed by atoms with van der Waals surface area (Å²) in [6.45, 7) is 4.06. The SMILES string of the molecule is CC(C)C(Br)C(=O)N(C)Cc1cn(C)c(=O)n(C)c1=O. The molecule has 7 heteroatoms. The minimum absolute atomic E-state index is 0.0871. The number of carbonyl (C=O) groups excluding carboxylic acids is 1. The number of alkyl halides is 1.